The molecule has 0 radical (unpaired) electrons. The normalized spacial score (nSPS) is 14.0. The molecule has 0 aromatic carbocycles. The van der Waals surface area contributed by atoms with E-state index in [0.717, 1.165) is 31.6 Å². The Balaban J connectivity index is 0.00000140. The van der Waals surface area contributed by atoms with E-state index in [9.17, 15) is 4.79 Å². The van der Waals surface area contributed by atoms with Crippen LogP contribution in [-0.4, -0.2) is 48.8 Å². The molecule has 1 aliphatic heterocycles. The largest absolute Gasteiger partial charge is 0.319 e. The lowest BCUT2D eigenvalue weighted by molar-refractivity contribution is 0.102. The van der Waals surface area contributed by atoms with Crippen LogP contribution in [-0.2, 0) is 0 Å². The highest BCUT2D eigenvalue weighted by Crippen LogP contribution is 2.20. The van der Waals surface area contributed by atoms with Crippen LogP contribution in [0.15, 0.2) is 36.8 Å². The SMILES string of the molecule is Cc1c(C(=O)Nc2ccc(-n3cccn3)nc2)nnn1C1CCNCC1.Cl.Cl. The maximum atomic E-state index is 12.6. The number of halogens is 2. The van der Waals surface area contributed by atoms with E-state index < -0.39 is 0 Å². The Morgan fingerprint density at radius 1 is 1.25 bits per heavy atom. The molecule has 4 rings (SSSR count). The first kappa shape index (κ1) is 21.8. The zero-order valence-corrected chi connectivity index (χ0v) is 16.9. The molecule has 150 valence electrons. The average molecular weight is 425 g/mol. The topological polar surface area (TPSA) is 103 Å². The van der Waals surface area contributed by atoms with Crippen molar-refractivity contribution in [1.82, 2.24) is 35.1 Å². The van der Waals surface area contributed by atoms with E-state index in [1.807, 2.05) is 23.9 Å². The van der Waals surface area contributed by atoms with E-state index in [0.29, 0.717) is 23.2 Å². The summed E-state index contributed by atoms with van der Waals surface area (Å²) in [5.41, 5.74) is 1.73. The number of hydrogen-bond acceptors (Lipinski definition) is 6. The Bertz CT molecular complexity index is 889. The zero-order valence-electron chi connectivity index (χ0n) is 15.3. The summed E-state index contributed by atoms with van der Waals surface area (Å²) in [7, 11) is 0. The number of piperidine rings is 1. The van der Waals surface area contributed by atoms with Crippen molar-refractivity contribution in [2.24, 2.45) is 0 Å². The lowest BCUT2D eigenvalue weighted by Crippen LogP contribution is -2.30. The van der Waals surface area contributed by atoms with Gasteiger partial charge in [-0.05, 0) is 51.1 Å². The van der Waals surface area contributed by atoms with Crippen LogP contribution in [0.2, 0.25) is 0 Å². The molecule has 0 spiro atoms. The van der Waals surface area contributed by atoms with Gasteiger partial charge in [0.1, 0.15) is 0 Å². The lowest BCUT2D eigenvalue weighted by atomic mass is 10.1. The first-order valence-electron chi connectivity index (χ1n) is 8.62. The van der Waals surface area contributed by atoms with E-state index in [1.165, 1.54) is 0 Å². The number of rotatable bonds is 4. The number of anilines is 1. The van der Waals surface area contributed by atoms with E-state index in [2.05, 4.69) is 31.0 Å². The van der Waals surface area contributed by atoms with Crippen molar-refractivity contribution in [3.05, 3.63) is 48.2 Å². The Kier molecular flexibility index (Phi) is 7.50. The van der Waals surface area contributed by atoms with E-state index in [1.54, 1.807) is 29.2 Å². The summed E-state index contributed by atoms with van der Waals surface area (Å²) in [5.74, 6) is 0.400. The van der Waals surface area contributed by atoms with Crippen LogP contribution in [0.5, 0.6) is 0 Å². The van der Waals surface area contributed by atoms with E-state index >= 15 is 0 Å². The van der Waals surface area contributed by atoms with Gasteiger partial charge in [-0.3, -0.25) is 4.79 Å². The molecule has 28 heavy (non-hydrogen) atoms. The Morgan fingerprint density at radius 3 is 2.68 bits per heavy atom. The van der Waals surface area contributed by atoms with Gasteiger partial charge >= 0.3 is 0 Å². The maximum Gasteiger partial charge on any atom is 0.278 e. The van der Waals surface area contributed by atoms with Crippen molar-refractivity contribution < 1.29 is 4.79 Å². The first-order chi connectivity index (χ1) is 12.7. The van der Waals surface area contributed by atoms with Gasteiger partial charge in [-0.25, -0.2) is 14.3 Å². The molecule has 0 atom stereocenters. The second kappa shape index (κ2) is 9.63. The lowest BCUT2D eigenvalue weighted by Gasteiger charge is -2.23. The summed E-state index contributed by atoms with van der Waals surface area (Å²) < 4.78 is 3.52. The van der Waals surface area contributed by atoms with Gasteiger partial charge in [0.05, 0.1) is 23.6 Å². The summed E-state index contributed by atoms with van der Waals surface area (Å²) in [6, 6.07) is 5.70. The molecule has 2 N–H and O–H groups in total. The predicted molar refractivity (Wildman–Crippen MR) is 110 cm³/mol. The Morgan fingerprint density at radius 2 is 2.04 bits per heavy atom. The van der Waals surface area contributed by atoms with Gasteiger partial charge in [0, 0.05) is 12.4 Å². The average Bonchev–Trinajstić information content (AvgIpc) is 3.33. The first-order valence-corrected chi connectivity index (χ1v) is 8.62. The van der Waals surface area contributed by atoms with Crippen molar-refractivity contribution >= 4 is 36.4 Å². The molecule has 9 nitrogen and oxygen atoms in total. The van der Waals surface area contributed by atoms with Crippen molar-refractivity contribution in [2.75, 3.05) is 18.4 Å². The highest BCUT2D eigenvalue weighted by atomic mass is 35.5. The second-order valence-corrected chi connectivity index (χ2v) is 6.26. The Hall–Kier alpha value is -2.49. The molecular weight excluding hydrogens is 403 g/mol. The van der Waals surface area contributed by atoms with Gasteiger partial charge < -0.3 is 10.6 Å². The number of carbonyl (C=O) groups excluding carboxylic acids is 1. The molecule has 3 aromatic rings. The van der Waals surface area contributed by atoms with Gasteiger partial charge in [0.15, 0.2) is 11.5 Å². The third kappa shape index (κ3) is 4.49. The predicted octanol–water partition coefficient (Wildman–Crippen LogP) is 2.19. The maximum absolute atomic E-state index is 12.6. The van der Waals surface area contributed by atoms with Gasteiger partial charge in [-0.15, -0.1) is 29.9 Å². The van der Waals surface area contributed by atoms with Gasteiger partial charge in [-0.1, -0.05) is 5.21 Å². The number of amides is 1. The van der Waals surface area contributed by atoms with Crippen LogP contribution in [0.4, 0.5) is 5.69 Å². The fraction of sp³-hybridized carbons (Fsp3) is 0.353. The van der Waals surface area contributed by atoms with Crippen molar-refractivity contribution in [3.63, 3.8) is 0 Å². The molecule has 1 aliphatic rings. The number of hydrogen-bond donors (Lipinski definition) is 2. The quantitative estimate of drug-likeness (QED) is 0.665. The van der Waals surface area contributed by atoms with Crippen molar-refractivity contribution in [2.45, 2.75) is 25.8 Å². The van der Waals surface area contributed by atoms with Crippen LogP contribution in [0.1, 0.15) is 35.1 Å². The van der Waals surface area contributed by atoms with Gasteiger partial charge in [0.25, 0.3) is 5.91 Å². The standard InChI is InChI=1S/C17H20N8O.2ClH/c1-12-16(22-23-25(12)14-5-8-18-9-6-14)17(26)21-13-3-4-15(19-11-13)24-10-2-7-20-24;;/h2-4,7,10-11,14,18H,5-6,8-9H2,1H3,(H,21,26);2*1H. The second-order valence-electron chi connectivity index (χ2n) is 6.26. The minimum atomic E-state index is -0.281. The van der Waals surface area contributed by atoms with Gasteiger partial charge in [-0.2, -0.15) is 5.10 Å². The molecule has 11 heteroatoms. The fourth-order valence-electron chi connectivity index (χ4n) is 3.14. The van der Waals surface area contributed by atoms with Crippen LogP contribution in [0.25, 0.3) is 5.82 Å². The molecule has 0 unspecified atom stereocenters. The highest BCUT2D eigenvalue weighted by Gasteiger charge is 2.23. The van der Waals surface area contributed by atoms with Crippen LogP contribution < -0.4 is 10.6 Å². The number of pyridine rings is 1. The molecule has 0 saturated carbocycles. The minimum Gasteiger partial charge on any atom is -0.319 e. The highest BCUT2D eigenvalue weighted by molar-refractivity contribution is 6.03. The van der Waals surface area contributed by atoms with E-state index in [4.69, 9.17) is 0 Å². The molecule has 0 aliphatic carbocycles. The number of nitrogens with zero attached hydrogens (tertiary/aromatic N) is 6. The number of carbonyl (C=O) groups is 1. The summed E-state index contributed by atoms with van der Waals surface area (Å²) in [6.45, 7) is 3.80. The molecule has 1 saturated heterocycles. The molecule has 0 bridgehead atoms. The molecule has 1 amide bonds. The summed E-state index contributed by atoms with van der Waals surface area (Å²) in [5, 5.41) is 18.6. The molecular formula is C17H22Cl2N8O. The van der Waals surface area contributed by atoms with Crippen molar-refractivity contribution in [1.29, 1.82) is 0 Å². The van der Waals surface area contributed by atoms with E-state index in [-0.39, 0.29) is 30.7 Å². The monoisotopic (exact) mass is 424 g/mol. The fourth-order valence-corrected chi connectivity index (χ4v) is 3.14. The third-order valence-corrected chi connectivity index (χ3v) is 4.54. The number of nitrogens with one attached hydrogen (secondary N) is 2. The third-order valence-electron chi connectivity index (χ3n) is 4.54. The van der Waals surface area contributed by atoms with Crippen LogP contribution in [0.3, 0.4) is 0 Å². The van der Waals surface area contributed by atoms with Gasteiger partial charge in [0.2, 0.25) is 0 Å². The van der Waals surface area contributed by atoms with Crippen LogP contribution >= 0.6 is 24.8 Å². The van der Waals surface area contributed by atoms with Crippen LogP contribution in [0, 0.1) is 6.92 Å². The molecule has 3 aromatic heterocycles. The summed E-state index contributed by atoms with van der Waals surface area (Å²) in [6.07, 6.45) is 7.07. The van der Waals surface area contributed by atoms with Crippen molar-refractivity contribution in [3.8, 4) is 5.82 Å². The summed E-state index contributed by atoms with van der Waals surface area (Å²) >= 11 is 0. The smallest absolute Gasteiger partial charge is 0.278 e. The zero-order chi connectivity index (χ0) is 17.9. The molecule has 1 fully saturated rings. The Labute approximate surface area is 174 Å². The minimum absolute atomic E-state index is 0. The number of aromatic nitrogens is 6. The molecule has 4 heterocycles. The summed E-state index contributed by atoms with van der Waals surface area (Å²) in [4.78, 5) is 16.9.